The molecule has 1 aromatic heterocycles. The summed E-state index contributed by atoms with van der Waals surface area (Å²) >= 11 is 0. The predicted molar refractivity (Wildman–Crippen MR) is 128 cm³/mol. The lowest BCUT2D eigenvalue weighted by Gasteiger charge is -2.32. The molecule has 3 amide bonds. The van der Waals surface area contributed by atoms with Crippen LogP contribution in [0.4, 0.5) is 0 Å². The molecule has 2 saturated heterocycles. The Morgan fingerprint density at radius 2 is 1.76 bits per heavy atom. The molecule has 0 bridgehead atoms. The van der Waals surface area contributed by atoms with Crippen molar-refractivity contribution < 1.29 is 14.4 Å². The van der Waals surface area contributed by atoms with Gasteiger partial charge in [-0.2, -0.15) is 0 Å². The van der Waals surface area contributed by atoms with E-state index in [1.165, 1.54) is 22.2 Å². The number of hydrogen-bond donors (Lipinski definition) is 2. The summed E-state index contributed by atoms with van der Waals surface area (Å²) in [6.07, 6.45) is 2.85. The second-order valence-electron chi connectivity index (χ2n) is 9.75. The number of para-hydroxylation sites is 1. The van der Waals surface area contributed by atoms with Crippen LogP contribution in [0, 0.1) is 0 Å². The van der Waals surface area contributed by atoms with E-state index in [0.29, 0.717) is 24.4 Å². The monoisotopic (exact) mass is 456 g/mol. The maximum absolute atomic E-state index is 12.9. The van der Waals surface area contributed by atoms with Gasteiger partial charge in [0.05, 0.1) is 0 Å². The summed E-state index contributed by atoms with van der Waals surface area (Å²) in [5.74, 6) is -0.253. The molecule has 3 aromatic rings. The van der Waals surface area contributed by atoms with Crippen LogP contribution in [0.1, 0.15) is 58.8 Å². The number of benzene rings is 2. The summed E-state index contributed by atoms with van der Waals surface area (Å²) in [5.41, 5.74) is 5.40. The maximum Gasteiger partial charge on any atom is 0.255 e. The molecular formula is C27H28N4O3. The number of aromatic amines is 1. The zero-order valence-corrected chi connectivity index (χ0v) is 19.0. The Morgan fingerprint density at radius 3 is 2.56 bits per heavy atom. The van der Waals surface area contributed by atoms with Crippen LogP contribution in [0.15, 0.2) is 48.5 Å². The van der Waals surface area contributed by atoms with E-state index in [-0.39, 0.29) is 24.1 Å². The van der Waals surface area contributed by atoms with E-state index in [4.69, 9.17) is 0 Å². The fourth-order valence-electron chi connectivity index (χ4n) is 5.73. The maximum atomic E-state index is 12.9. The van der Waals surface area contributed by atoms with Gasteiger partial charge in [0.25, 0.3) is 5.91 Å². The number of rotatable bonds is 4. The van der Waals surface area contributed by atoms with E-state index in [0.717, 1.165) is 38.0 Å². The second kappa shape index (κ2) is 8.40. The lowest BCUT2D eigenvalue weighted by molar-refractivity contribution is -0.136. The van der Waals surface area contributed by atoms with Crippen molar-refractivity contribution in [3.8, 4) is 0 Å². The van der Waals surface area contributed by atoms with E-state index in [1.54, 1.807) is 4.90 Å². The number of carbonyl (C=O) groups is 3. The smallest absolute Gasteiger partial charge is 0.255 e. The predicted octanol–water partition coefficient (Wildman–Crippen LogP) is 3.31. The highest BCUT2D eigenvalue weighted by molar-refractivity contribution is 6.05. The average Bonchev–Trinajstić information content (AvgIpc) is 3.39. The Balaban J connectivity index is 1.10. The van der Waals surface area contributed by atoms with Gasteiger partial charge < -0.3 is 9.88 Å². The quantitative estimate of drug-likeness (QED) is 0.590. The molecule has 2 aromatic carbocycles. The number of imide groups is 1. The first-order chi connectivity index (χ1) is 16.5. The molecule has 7 nitrogen and oxygen atoms in total. The number of nitrogens with zero attached hydrogens (tertiary/aromatic N) is 2. The standard InChI is InChI=1S/C27H28N4O3/c32-25-8-7-24(26(33)29-25)31-15-20-13-18(5-6-22(20)27(31)34)17-9-11-30(12-10-17)16-21-14-19-3-1-2-4-23(19)28-21/h1-6,13-14,17,24,28H,7-12,15-16H2,(H,29,32,33). The topological polar surface area (TPSA) is 85.5 Å². The van der Waals surface area contributed by atoms with Gasteiger partial charge in [-0.3, -0.25) is 24.6 Å². The van der Waals surface area contributed by atoms with Gasteiger partial charge in [-0.25, -0.2) is 0 Å². The third-order valence-corrected chi connectivity index (χ3v) is 7.59. The van der Waals surface area contributed by atoms with Gasteiger partial charge in [-0.1, -0.05) is 30.3 Å². The minimum absolute atomic E-state index is 0.107. The Morgan fingerprint density at radius 1 is 0.941 bits per heavy atom. The van der Waals surface area contributed by atoms with Gasteiger partial charge in [-0.05, 0) is 73.0 Å². The van der Waals surface area contributed by atoms with Crippen LogP contribution in [0.3, 0.4) is 0 Å². The first-order valence-corrected chi connectivity index (χ1v) is 12.1. The van der Waals surface area contributed by atoms with Crippen molar-refractivity contribution in [3.63, 3.8) is 0 Å². The summed E-state index contributed by atoms with van der Waals surface area (Å²) in [4.78, 5) is 44.4. The molecule has 0 aliphatic carbocycles. The molecule has 2 fully saturated rings. The van der Waals surface area contributed by atoms with Crippen LogP contribution in [0.25, 0.3) is 10.9 Å². The van der Waals surface area contributed by atoms with E-state index < -0.39 is 6.04 Å². The van der Waals surface area contributed by atoms with Crippen LogP contribution in [-0.4, -0.2) is 51.6 Å². The lowest BCUT2D eigenvalue weighted by Crippen LogP contribution is -2.52. The third-order valence-electron chi connectivity index (χ3n) is 7.59. The normalized spacial score (nSPS) is 21.8. The molecule has 0 spiro atoms. The van der Waals surface area contributed by atoms with Crippen molar-refractivity contribution in [3.05, 3.63) is 70.9 Å². The number of hydrogen-bond acceptors (Lipinski definition) is 4. The van der Waals surface area contributed by atoms with Crippen molar-refractivity contribution in [2.75, 3.05) is 13.1 Å². The van der Waals surface area contributed by atoms with Gasteiger partial charge in [0.15, 0.2) is 0 Å². The van der Waals surface area contributed by atoms with Crippen LogP contribution >= 0.6 is 0 Å². The first kappa shape index (κ1) is 21.1. The summed E-state index contributed by atoms with van der Waals surface area (Å²) in [6.45, 7) is 3.45. The molecule has 6 rings (SSSR count). The molecule has 7 heteroatoms. The second-order valence-corrected chi connectivity index (χ2v) is 9.75. The Labute approximate surface area is 198 Å². The van der Waals surface area contributed by atoms with Crippen molar-refractivity contribution in [2.24, 2.45) is 0 Å². The van der Waals surface area contributed by atoms with Crippen LogP contribution in [0.2, 0.25) is 0 Å². The molecule has 174 valence electrons. The van der Waals surface area contributed by atoms with Gasteiger partial charge in [0.1, 0.15) is 6.04 Å². The van der Waals surface area contributed by atoms with Crippen LogP contribution in [-0.2, 0) is 22.7 Å². The third kappa shape index (κ3) is 3.80. The lowest BCUT2D eigenvalue weighted by atomic mass is 9.88. The molecular weight excluding hydrogens is 428 g/mol. The van der Waals surface area contributed by atoms with E-state index in [9.17, 15) is 14.4 Å². The number of piperidine rings is 2. The summed E-state index contributed by atoms with van der Waals surface area (Å²) < 4.78 is 0. The molecule has 4 heterocycles. The fourth-order valence-corrected chi connectivity index (χ4v) is 5.73. The zero-order valence-electron chi connectivity index (χ0n) is 19.0. The number of amides is 3. The van der Waals surface area contributed by atoms with Gasteiger partial charge in [0, 0.05) is 36.3 Å². The minimum atomic E-state index is -0.561. The Hall–Kier alpha value is -3.45. The Bertz CT molecular complexity index is 1260. The SMILES string of the molecule is O=C1CCC(N2Cc3cc(C4CCN(Cc5cc6ccccc6[nH]5)CC4)ccc3C2=O)C(=O)N1. The molecule has 3 aliphatic heterocycles. The molecule has 3 aliphatic rings. The van der Waals surface area contributed by atoms with Crippen molar-refractivity contribution >= 4 is 28.6 Å². The molecule has 34 heavy (non-hydrogen) atoms. The van der Waals surface area contributed by atoms with E-state index >= 15 is 0 Å². The average molecular weight is 457 g/mol. The van der Waals surface area contributed by atoms with Crippen LogP contribution in [0.5, 0.6) is 0 Å². The molecule has 1 unspecified atom stereocenters. The molecule has 0 radical (unpaired) electrons. The number of H-pyrrole nitrogens is 1. The van der Waals surface area contributed by atoms with Crippen molar-refractivity contribution in [1.82, 2.24) is 20.1 Å². The van der Waals surface area contributed by atoms with E-state index in [1.807, 2.05) is 6.07 Å². The van der Waals surface area contributed by atoms with Gasteiger partial charge in [0.2, 0.25) is 11.8 Å². The number of nitrogens with one attached hydrogen (secondary N) is 2. The van der Waals surface area contributed by atoms with Crippen LogP contribution < -0.4 is 5.32 Å². The van der Waals surface area contributed by atoms with Gasteiger partial charge in [-0.15, -0.1) is 0 Å². The highest BCUT2D eigenvalue weighted by Gasteiger charge is 2.39. The minimum Gasteiger partial charge on any atom is -0.357 e. The van der Waals surface area contributed by atoms with Crippen molar-refractivity contribution in [2.45, 2.75) is 50.7 Å². The number of aromatic nitrogens is 1. The molecule has 1 atom stereocenters. The zero-order chi connectivity index (χ0) is 23.2. The molecule has 0 saturated carbocycles. The number of likely N-dealkylation sites (tertiary alicyclic amines) is 1. The highest BCUT2D eigenvalue weighted by Crippen LogP contribution is 2.34. The van der Waals surface area contributed by atoms with Gasteiger partial charge >= 0.3 is 0 Å². The van der Waals surface area contributed by atoms with Crippen molar-refractivity contribution in [1.29, 1.82) is 0 Å². The van der Waals surface area contributed by atoms with E-state index in [2.05, 4.69) is 57.7 Å². The molecule has 2 N–H and O–H groups in total. The summed E-state index contributed by atoms with van der Waals surface area (Å²) in [6, 6.07) is 16.2. The number of fused-ring (bicyclic) bond motifs is 2. The number of carbonyl (C=O) groups excluding carboxylic acids is 3. The first-order valence-electron chi connectivity index (χ1n) is 12.1. The fraction of sp³-hybridized carbons (Fsp3) is 0.370. The Kier molecular flexibility index (Phi) is 5.21. The summed E-state index contributed by atoms with van der Waals surface area (Å²) in [5, 5.41) is 3.62. The largest absolute Gasteiger partial charge is 0.357 e. The highest BCUT2D eigenvalue weighted by atomic mass is 16.2. The summed E-state index contributed by atoms with van der Waals surface area (Å²) in [7, 11) is 0.